The van der Waals surface area contributed by atoms with E-state index in [0.717, 1.165) is 17.7 Å². The van der Waals surface area contributed by atoms with Gasteiger partial charge in [0.05, 0.1) is 5.02 Å². The van der Waals surface area contributed by atoms with Crippen LogP contribution in [0.4, 0.5) is 8.78 Å². The monoisotopic (exact) mass is 296 g/mol. The van der Waals surface area contributed by atoms with Crippen LogP contribution in [0.2, 0.25) is 5.02 Å². The topological polar surface area (TPSA) is 24.9 Å². The third-order valence-corrected chi connectivity index (χ3v) is 3.32. The first-order valence-electron chi connectivity index (χ1n) is 6.38. The molecule has 1 N–H and O–H groups in total. The number of benzene rings is 1. The van der Waals surface area contributed by atoms with Gasteiger partial charge in [-0.1, -0.05) is 24.6 Å². The average Bonchev–Trinajstić information content (AvgIpc) is 2.44. The lowest BCUT2D eigenvalue weighted by Crippen LogP contribution is -2.24. The minimum Gasteiger partial charge on any atom is -0.310 e. The van der Waals surface area contributed by atoms with Gasteiger partial charge in [0.25, 0.3) is 0 Å². The molecule has 0 aliphatic rings. The molecule has 5 heteroatoms. The Hall–Kier alpha value is -1.52. The highest BCUT2D eigenvalue weighted by Gasteiger charge is 2.18. The van der Waals surface area contributed by atoms with Crippen molar-refractivity contribution < 1.29 is 8.78 Å². The molecule has 0 saturated carbocycles. The number of aromatic nitrogens is 1. The van der Waals surface area contributed by atoms with Crippen molar-refractivity contribution in [2.24, 2.45) is 0 Å². The minimum atomic E-state index is -0.614. The van der Waals surface area contributed by atoms with E-state index in [2.05, 4.69) is 10.3 Å². The van der Waals surface area contributed by atoms with Crippen LogP contribution in [-0.4, -0.2) is 11.5 Å². The Morgan fingerprint density at radius 3 is 2.75 bits per heavy atom. The van der Waals surface area contributed by atoms with Crippen LogP contribution in [0, 0.1) is 11.6 Å². The van der Waals surface area contributed by atoms with E-state index in [4.69, 9.17) is 11.6 Å². The molecule has 0 bridgehead atoms. The van der Waals surface area contributed by atoms with Gasteiger partial charge in [-0.25, -0.2) is 8.78 Å². The first-order chi connectivity index (χ1) is 9.61. The normalized spacial score (nSPS) is 12.4. The van der Waals surface area contributed by atoms with Crippen molar-refractivity contribution in [3.05, 3.63) is 64.4 Å². The molecule has 20 heavy (non-hydrogen) atoms. The first-order valence-corrected chi connectivity index (χ1v) is 6.76. The summed E-state index contributed by atoms with van der Waals surface area (Å²) in [5, 5.41) is 2.95. The maximum atomic E-state index is 14.0. The number of hydrogen-bond acceptors (Lipinski definition) is 2. The predicted molar refractivity (Wildman–Crippen MR) is 75.7 cm³/mol. The molecular formula is C15H15ClF2N2. The quantitative estimate of drug-likeness (QED) is 0.846. The molecule has 2 nitrogen and oxygen atoms in total. The number of likely N-dealkylation sites (N-methyl/N-ethyl adjacent to an activating group) is 1. The molecule has 0 radical (unpaired) electrons. The maximum absolute atomic E-state index is 14.0. The molecule has 1 unspecified atom stereocenters. The minimum absolute atomic E-state index is 0.206. The summed E-state index contributed by atoms with van der Waals surface area (Å²) < 4.78 is 27.6. The molecule has 0 aliphatic heterocycles. The summed E-state index contributed by atoms with van der Waals surface area (Å²) in [7, 11) is 0. The van der Waals surface area contributed by atoms with E-state index in [1.807, 2.05) is 19.1 Å². The third-order valence-electron chi connectivity index (χ3n) is 3.03. The summed E-state index contributed by atoms with van der Waals surface area (Å²) in [6, 6.07) is 5.57. The van der Waals surface area contributed by atoms with Crippen LogP contribution < -0.4 is 5.32 Å². The van der Waals surface area contributed by atoms with Crippen molar-refractivity contribution in [3.63, 3.8) is 0 Å². The molecule has 1 aromatic carbocycles. The largest absolute Gasteiger partial charge is 0.310 e. The van der Waals surface area contributed by atoms with Gasteiger partial charge in [0.2, 0.25) is 0 Å². The van der Waals surface area contributed by atoms with Crippen molar-refractivity contribution >= 4 is 11.6 Å². The van der Waals surface area contributed by atoms with Crippen LogP contribution in [0.5, 0.6) is 0 Å². The SMILES string of the molecule is CCNC(Cc1cccnc1)c1cc(F)c(Cl)cc1F. The fourth-order valence-corrected chi connectivity index (χ4v) is 2.25. The van der Waals surface area contributed by atoms with E-state index in [1.54, 1.807) is 12.4 Å². The fraction of sp³-hybridized carbons (Fsp3) is 0.267. The van der Waals surface area contributed by atoms with Crippen molar-refractivity contribution in [1.29, 1.82) is 0 Å². The maximum Gasteiger partial charge on any atom is 0.142 e. The lowest BCUT2D eigenvalue weighted by molar-refractivity contribution is 0.502. The van der Waals surface area contributed by atoms with E-state index in [1.165, 1.54) is 0 Å². The van der Waals surface area contributed by atoms with Crippen molar-refractivity contribution in [1.82, 2.24) is 10.3 Å². The molecule has 2 rings (SSSR count). The summed E-state index contributed by atoms with van der Waals surface area (Å²) in [5.41, 5.74) is 1.23. The second kappa shape index (κ2) is 6.77. The Balaban J connectivity index is 2.31. The first kappa shape index (κ1) is 14.9. The lowest BCUT2D eigenvalue weighted by atomic mass is 9.99. The van der Waals surface area contributed by atoms with E-state index in [0.29, 0.717) is 13.0 Å². The van der Waals surface area contributed by atoms with Crippen molar-refractivity contribution in [3.8, 4) is 0 Å². The second-order valence-electron chi connectivity index (χ2n) is 4.46. The van der Waals surface area contributed by atoms with E-state index in [-0.39, 0.29) is 16.6 Å². The molecule has 0 spiro atoms. The van der Waals surface area contributed by atoms with Crippen LogP contribution in [0.15, 0.2) is 36.7 Å². The van der Waals surface area contributed by atoms with Crippen molar-refractivity contribution in [2.75, 3.05) is 6.54 Å². The molecule has 0 amide bonds. The van der Waals surface area contributed by atoms with E-state index in [9.17, 15) is 8.78 Å². The Kier molecular flexibility index (Phi) is 5.04. The zero-order chi connectivity index (χ0) is 14.5. The number of nitrogens with zero attached hydrogens (tertiary/aromatic N) is 1. The van der Waals surface area contributed by atoms with Crippen LogP contribution in [0.3, 0.4) is 0 Å². The molecule has 0 saturated heterocycles. The van der Waals surface area contributed by atoms with Gasteiger partial charge in [-0.2, -0.15) is 0 Å². The highest BCUT2D eigenvalue weighted by atomic mass is 35.5. The van der Waals surface area contributed by atoms with Crippen molar-refractivity contribution in [2.45, 2.75) is 19.4 Å². The van der Waals surface area contributed by atoms with Crippen LogP contribution >= 0.6 is 11.6 Å². The highest BCUT2D eigenvalue weighted by molar-refractivity contribution is 6.30. The smallest absolute Gasteiger partial charge is 0.142 e. The number of nitrogens with one attached hydrogen (secondary N) is 1. The Morgan fingerprint density at radius 1 is 1.30 bits per heavy atom. The highest BCUT2D eigenvalue weighted by Crippen LogP contribution is 2.26. The second-order valence-corrected chi connectivity index (χ2v) is 4.87. The van der Waals surface area contributed by atoms with Crippen LogP contribution in [0.25, 0.3) is 0 Å². The van der Waals surface area contributed by atoms with Gasteiger partial charge in [0.15, 0.2) is 0 Å². The van der Waals surface area contributed by atoms with Gasteiger partial charge >= 0.3 is 0 Å². The molecule has 1 aromatic heterocycles. The van der Waals surface area contributed by atoms with E-state index >= 15 is 0 Å². The predicted octanol–water partition coefficient (Wildman–Crippen LogP) is 3.91. The fourth-order valence-electron chi connectivity index (χ4n) is 2.10. The summed E-state index contributed by atoms with van der Waals surface area (Å²) in [6.07, 6.45) is 3.92. The summed E-state index contributed by atoms with van der Waals surface area (Å²) in [6.45, 7) is 2.56. The van der Waals surface area contributed by atoms with E-state index < -0.39 is 11.6 Å². The molecule has 1 atom stereocenters. The Labute approximate surface area is 121 Å². The standard InChI is InChI=1S/C15H15ClF2N2/c1-2-20-15(6-10-4-3-5-19-9-10)11-7-14(18)12(16)8-13(11)17/h3-5,7-9,15,20H,2,6H2,1H3. The number of hydrogen-bond donors (Lipinski definition) is 1. The molecular weight excluding hydrogens is 282 g/mol. The lowest BCUT2D eigenvalue weighted by Gasteiger charge is -2.19. The van der Waals surface area contributed by atoms with Gasteiger partial charge in [0, 0.05) is 24.0 Å². The molecule has 1 heterocycles. The molecule has 0 fully saturated rings. The van der Waals surface area contributed by atoms with Crippen LogP contribution in [0.1, 0.15) is 24.1 Å². The summed E-state index contributed by atoms with van der Waals surface area (Å²) in [5.74, 6) is -1.12. The van der Waals surface area contributed by atoms with Gasteiger partial charge in [0.1, 0.15) is 11.6 Å². The van der Waals surface area contributed by atoms with Crippen LogP contribution in [-0.2, 0) is 6.42 Å². The number of rotatable bonds is 5. The number of pyridine rings is 1. The van der Waals surface area contributed by atoms with Gasteiger partial charge in [-0.05, 0) is 36.7 Å². The van der Waals surface area contributed by atoms with Gasteiger partial charge < -0.3 is 5.32 Å². The zero-order valence-corrected chi connectivity index (χ0v) is 11.8. The average molecular weight is 297 g/mol. The molecule has 106 valence electrons. The third kappa shape index (κ3) is 3.52. The van der Waals surface area contributed by atoms with Gasteiger partial charge in [-0.15, -0.1) is 0 Å². The molecule has 2 aromatic rings. The van der Waals surface area contributed by atoms with Gasteiger partial charge in [-0.3, -0.25) is 4.98 Å². The number of halogens is 3. The summed E-state index contributed by atoms with van der Waals surface area (Å²) >= 11 is 5.58. The molecule has 0 aliphatic carbocycles. The Bertz CT molecular complexity index is 576. The Morgan fingerprint density at radius 2 is 2.10 bits per heavy atom. The summed E-state index contributed by atoms with van der Waals surface area (Å²) in [4.78, 5) is 4.03. The zero-order valence-electron chi connectivity index (χ0n) is 11.0.